The molecule has 0 aliphatic rings. The predicted octanol–water partition coefficient (Wildman–Crippen LogP) is 4.64. The van der Waals surface area contributed by atoms with Gasteiger partial charge in [0.2, 0.25) is 0 Å². The smallest absolute Gasteiger partial charge is 0.162 e. The Morgan fingerprint density at radius 1 is 0.957 bits per heavy atom. The Morgan fingerprint density at radius 2 is 1.65 bits per heavy atom. The van der Waals surface area contributed by atoms with Gasteiger partial charge in [-0.3, -0.25) is 4.79 Å². The minimum atomic E-state index is 0.0235. The molecule has 0 unspecified atom stereocenters. The van der Waals surface area contributed by atoms with E-state index in [2.05, 4.69) is 19.9 Å². The number of fused-ring (bicyclic) bond motifs is 2. The summed E-state index contributed by atoms with van der Waals surface area (Å²) >= 11 is 11.3. The highest BCUT2D eigenvalue weighted by atomic mass is 35.5. The Labute approximate surface area is 141 Å². The van der Waals surface area contributed by atoms with Crippen molar-refractivity contribution < 1.29 is 4.79 Å². The zero-order valence-corrected chi connectivity index (χ0v) is 13.6. The summed E-state index contributed by atoms with van der Waals surface area (Å²) in [6.07, 6.45) is 3.49. The van der Waals surface area contributed by atoms with Crippen molar-refractivity contribution in [3.8, 4) is 0 Å². The first-order valence-electron chi connectivity index (χ1n) is 6.79. The van der Waals surface area contributed by atoms with Gasteiger partial charge in [-0.05, 0) is 37.3 Å². The van der Waals surface area contributed by atoms with Crippen LogP contribution < -0.4 is 0 Å². The summed E-state index contributed by atoms with van der Waals surface area (Å²) in [6, 6.07) is 9.12. The molecule has 0 aliphatic carbocycles. The van der Waals surface area contributed by atoms with Crippen molar-refractivity contribution in [1.82, 2.24) is 19.9 Å². The van der Waals surface area contributed by atoms with Crippen molar-refractivity contribution in [2.75, 3.05) is 0 Å². The number of Topliss-reactive ketones (excluding diaryl/α,β-unsaturated/α-hetero) is 1. The number of aromatic nitrogens is 4. The summed E-state index contributed by atoms with van der Waals surface area (Å²) < 4.78 is 0. The van der Waals surface area contributed by atoms with E-state index in [0.29, 0.717) is 21.5 Å². The molecule has 23 heavy (non-hydrogen) atoms. The van der Waals surface area contributed by atoms with Gasteiger partial charge in [-0.15, -0.1) is 0 Å². The minimum absolute atomic E-state index is 0.0235. The van der Waals surface area contributed by atoms with Gasteiger partial charge in [0.15, 0.2) is 5.78 Å². The number of halogens is 2. The summed E-state index contributed by atoms with van der Waals surface area (Å²) in [6.45, 7) is 1.53. The van der Waals surface area contributed by atoms with E-state index in [0.717, 1.165) is 16.4 Å². The summed E-state index contributed by atoms with van der Waals surface area (Å²) in [5, 5.41) is 2.85. The van der Waals surface area contributed by atoms with Crippen LogP contribution in [-0.2, 0) is 0 Å². The SMILES string of the molecule is CC(=O)c1c[nH]c2nc(Cl)ccc12.Clc1ccc2cc[nH]c2n1. The number of pyridine rings is 2. The summed E-state index contributed by atoms with van der Waals surface area (Å²) in [5.74, 6) is 0.0235. The van der Waals surface area contributed by atoms with E-state index >= 15 is 0 Å². The van der Waals surface area contributed by atoms with Crippen molar-refractivity contribution in [3.05, 3.63) is 58.6 Å². The van der Waals surface area contributed by atoms with Gasteiger partial charge in [0, 0.05) is 28.7 Å². The van der Waals surface area contributed by atoms with Gasteiger partial charge in [0.1, 0.15) is 21.6 Å². The molecule has 0 fully saturated rings. The fourth-order valence-corrected chi connectivity index (χ4v) is 2.47. The van der Waals surface area contributed by atoms with Crippen LogP contribution in [0, 0.1) is 0 Å². The van der Waals surface area contributed by atoms with Crippen LogP contribution in [0.15, 0.2) is 42.7 Å². The number of carbonyl (C=O) groups excluding carboxylic acids is 1. The number of hydrogen-bond acceptors (Lipinski definition) is 3. The maximum absolute atomic E-state index is 11.1. The molecule has 0 atom stereocenters. The maximum atomic E-state index is 11.1. The molecule has 7 heteroatoms. The highest BCUT2D eigenvalue weighted by Gasteiger charge is 2.08. The lowest BCUT2D eigenvalue weighted by Crippen LogP contribution is -1.88. The fourth-order valence-electron chi connectivity index (χ4n) is 2.18. The highest BCUT2D eigenvalue weighted by molar-refractivity contribution is 6.30. The lowest BCUT2D eigenvalue weighted by Gasteiger charge is -1.92. The molecule has 0 aliphatic heterocycles. The second-order valence-corrected chi connectivity index (χ2v) is 5.61. The topological polar surface area (TPSA) is 74.4 Å². The lowest BCUT2D eigenvalue weighted by atomic mass is 10.2. The molecule has 4 rings (SSSR count). The molecule has 0 saturated heterocycles. The Balaban J connectivity index is 0.000000140. The largest absolute Gasteiger partial charge is 0.346 e. The summed E-state index contributed by atoms with van der Waals surface area (Å²) in [7, 11) is 0. The van der Waals surface area contributed by atoms with E-state index in [9.17, 15) is 4.79 Å². The highest BCUT2D eigenvalue weighted by Crippen LogP contribution is 2.19. The van der Waals surface area contributed by atoms with E-state index in [-0.39, 0.29) is 5.78 Å². The van der Waals surface area contributed by atoms with Gasteiger partial charge in [-0.25, -0.2) is 9.97 Å². The van der Waals surface area contributed by atoms with Gasteiger partial charge in [-0.2, -0.15) is 0 Å². The van der Waals surface area contributed by atoms with Gasteiger partial charge >= 0.3 is 0 Å². The minimum Gasteiger partial charge on any atom is -0.346 e. The Hall–Kier alpha value is -2.37. The monoisotopic (exact) mass is 346 g/mol. The quantitative estimate of drug-likeness (QED) is 0.389. The van der Waals surface area contributed by atoms with E-state index in [1.807, 2.05) is 18.3 Å². The first-order chi connectivity index (χ1) is 11.0. The first kappa shape index (κ1) is 15.5. The third-order valence-electron chi connectivity index (χ3n) is 3.26. The maximum Gasteiger partial charge on any atom is 0.162 e. The number of hydrogen-bond donors (Lipinski definition) is 2. The molecule has 0 amide bonds. The van der Waals surface area contributed by atoms with Crippen molar-refractivity contribution in [2.24, 2.45) is 0 Å². The van der Waals surface area contributed by atoms with Crippen LogP contribution >= 0.6 is 23.2 Å². The molecule has 0 aromatic carbocycles. The molecule has 0 bridgehead atoms. The van der Waals surface area contributed by atoms with E-state index in [1.165, 1.54) is 6.92 Å². The van der Waals surface area contributed by atoms with Crippen LogP contribution in [-0.4, -0.2) is 25.7 Å². The van der Waals surface area contributed by atoms with Gasteiger partial charge in [0.05, 0.1) is 0 Å². The average molecular weight is 347 g/mol. The molecule has 5 nitrogen and oxygen atoms in total. The molecule has 116 valence electrons. The zero-order chi connectivity index (χ0) is 16.4. The number of nitrogens with zero attached hydrogens (tertiary/aromatic N) is 2. The number of nitrogens with one attached hydrogen (secondary N) is 2. The molecule has 4 aromatic heterocycles. The standard InChI is InChI=1S/C9H7ClN2O.C7H5ClN2/c1-5(13)7-4-11-9-6(7)2-3-8(10)12-9;8-6-2-1-5-3-4-9-7(5)10-6/h2-4H,1H3,(H,11,12);1-4H,(H,9,10). The second-order valence-electron chi connectivity index (χ2n) is 4.84. The summed E-state index contributed by atoms with van der Waals surface area (Å²) in [4.78, 5) is 25.1. The van der Waals surface area contributed by atoms with Gasteiger partial charge in [0.25, 0.3) is 0 Å². The normalized spacial score (nSPS) is 10.6. The number of aromatic amines is 2. The van der Waals surface area contributed by atoms with Gasteiger partial charge < -0.3 is 9.97 Å². The van der Waals surface area contributed by atoms with Crippen molar-refractivity contribution in [1.29, 1.82) is 0 Å². The molecular weight excluding hydrogens is 335 g/mol. The third-order valence-corrected chi connectivity index (χ3v) is 3.68. The summed E-state index contributed by atoms with van der Waals surface area (Å²) in [5.41, 5.74) is 2.14. The zero-order valence-electron chi connectivity index (χ0n) is 12.1. The fraction of sp³-hybridized carbons (Fsp3) is 0.0625. The number of rotatable bonds is 1. The van der Waals surface area contributed by atoms with Crippen LogP contribution in [0.5, 0.6) is 0 Å². The van der Waals surface area contributed by atoms with Crippen LogP contribution in [0.25, 0.3) is 22.1 Å². The Kier molecular flexibility index (Phi) is 4.32. The molecule has 2 N–H and O–H groups in total. The second kappa shape index (κ2) is 6.40. The lowest BCUT2D eigenvalue weighted by molar-refractivity contribution is 0.101. The Morgan fingerprint density at radius 3 is 2.39 bits per heavy atom. The number of carbonyl (C=O) groups is 1. The van der Waals surface area contributed by atoms with Crippen LogP contribution in [0.1, 0.15) is 17.3 Å². The Bertz CT molecular complexity index is 990. The van der Waals surface area contributed by atoms with Gasteiger partial charge in [-0.1, -0.05) is 23.2 Å². The van der Waals surface area contributed by atoms with Crippen LogP contribution in [0.3, 0.4) is 0 Å². The van der Waals surface area contributed by atoms with Crippen LogP contribution in [0.2, 0.25) is 10.3 Å². The van der Waals surface area contributed by atoms with Crippen molar-refractivity contribution in [3.63, 3.8) is 0 Å². The molecule has 0 radical (unpaired) electrons. The van der Waals surface area contributed by atoms with Crippen LogP contribution in [0.4, 0.5) is 0 Å². The molecule has 0 spiro atoms. The van der Waals surface area contributed by atoms with E-state index < -0.39 is 0 Å². The predicted molar refractivity (Wildman–Crippen MR) is 92.2 cm³/mol. The van der Waals surface area contributed by atoms with Crippen molar-refractivity contribution >= 4 is 51.1 Å². The number of ketones is 1. The molecular formula is C16H12Cl2N4O. The molecule has 4 heterocycles. The third kappa shape index (κ3) is 3.36. The average Bonchev–Trinajstić information content (AvgIpc) is 3.12. The number of H-pyrrole nitrogens is 2. The van der Waals surface area contributed by atoms with Crippen molar-refractivity contribution in [2.45, 2.75) is 6.92 Å². The molecule has 4 aromatic rings. The molecule has 0 saturated carbocycles. The van der Waals surface area contributed by atoms with E-state index in [4.69, 9.17) is 23.2 Å². The van der Waals surface area contributed by atoms with E-state index in [1.54, 1.807) is 24.4 Å². The first-order valence-corrected chi connectivity index (χ1v) is 7.54.